The van der Waals surface area contributed by atoms with Crippen LogP contribution in [-0.4, -0.2) is 29.0 Å². The van der Waals surface area contributed by atoms with Crippen molar-refractivity contribution in [1.82, 2.24) is 5.32 Å². The first-order valence-corrected chi connectivity index (χ1v) is 5.79. The number of hydrogen-bond acceptors (Lipinski definition) is 4. The van der Waals surface area contributed by atoms with Gasteiger partial charge in [0.15, 0.2) is 11.5 Å². The summed E-state index contributed by atoms with van der Waals surface area (Å²) in [6, 6.07) is 5.26. The zero-order valence-corrected chi connectivity index (χ0v) is 10.7. The van der Waals surface area contributed by atoms with Gasteiger partial charge in [0.2, 0.25) is 0 Å². The van der Waals surface area contributed by atoms with Gasteiger partial charge in [0.05, 0.1) is 13.2 Å². The highest BCUT2D eigenvalue weighted by molar-refractivity contribution is 5.41. The molecule has 1 aromatic carbocycles. The first-order chi connectivity index (χ1) is 7.98. The minimum absolute atomic E-state index is 0.0728. The summed E-state index contributed by atoms with van der Waals surface area (Å²) >= 11 is 0. The van der Waals surface area contributed by atoms with E-state index in [-0.39, 0.29) is 17.9 Å². The van der Waals surface area contributed by atoms with Gasteiger partial charge in [-0.1, -0.05) is 6.07 Å². The van der Waals surface area contributed by atoms with Crippen LogP contribution in [-0.2, 0) is 6.54 Å². The molecule has 0 aliphatic carbocycles. The van der Waals surface area contributed by atoms with E-state index in [1.54, 1.807) is 12.1 Å². The van der Waals surface area contributed by atoms with Crippen LogP contribution in [0.15, 0.2) is 18.2 Å². The van der Waals surface area contributed by atoms with Gasteiger partial charge >= 0.3 is 0 Å². The number of hydrogen-bond donors (Lipinski definition) is 3. The number of benzene rings is 1. The SMILES string of the molecule is CCOc1cc(CNC(C)(C)CO)ccc1O. The molecule has 0 spiro atoms. The molecule has 0 saturated heterocycles. The second-order valence-electron chi connectivity index (χ2n) is 4.63. The third kappa shape index (κ3) is 4.24. The van der Waals surface area contributed by atoms with Gasteiger partial charge in [-0.15, -0.1) is 0 Å². The second kappa shape index (κ2) is 5.89. The topological polar surface area (TPSA) is 61.7 Å². The maximum atomic E-state index is 9.55. The molecular weight excluding hydrogens is 218 g/mol. The number of aliphatic hydroxyl groups excluding tert-OH is 1. The van der Waals surface area contributed by atoms with Crippen molar-refractivity contribution in [2.75, 3.05) is 13.2 Å². The molecule has 0 amide bonds. The first-order valence-electron chi connectivity index (χ1n) is 5.79. The van der Waals surface area contributed by atoms with Crippen molar-refractivity contribution in [3.63, 3.8) is 0 Å². The van der Waals surface area contributed by atoms with Crippen molar-refractivity contribution in [2.45, 2.75) is 32.9 Å². The maximum absolute atomic E-state index is 9.55. The lowest BCUT2D eigenvalue weighted by Gasteiger charge is -2.23. The van der Waals surface area contributed by atoms with Crippen LogP contribution in [0, 0.1) is 0 Å². The summed E-state index contributed by atoms with van der Waals surface area (Å²) in [6.45, 7) is 6.94. The lowest BCUT2D eigenvalue weighted by Crippen LogP contribution is -2.42. The molecule has 17 heavy (non-hydrogen) atoms. The molecule has 96 valence electrons. The average molecular weight is 239 g/mol. The number of phenols is 1. The summed E-state index contributed by atoms with van der Waals surface area (Å²) in [5, 5.41) is 21.9. The Morgan fingerprint density at radius 1 is 1.35 bits per heavy atom. The average Bonchev–Trinajstić information content (AvgIpc) is 2.31. The van der Waals surface area contributed by atoms with Crippen molar-refractivity contribution >= 4 is 0 Å². The summed E-state index contributed by atoms with van der Waals surface area (Å²) in [6.07, 6.45) is 0. The normalized spacial score (nSPS) is 11.5. The Morgan fingerprint density at radius 3 is 2.65 bits per heavy atom. The fraction of sp³-hybridized carbons (Fsp3) is 0.538. The van der Waals surface area contributed by atoms with Crippen molar-refractivity contribution in [1.29, 1.82) is 0 Å². The summed E-state index contributed by atoms with van der Waals surface area (Å²) in [5.74, 6) is 0.644. The van der Waals surface area contributed by atoms with Crippen LogP contribution in [0.3, 0.4) is 0 Å². The molecule has 3 N–H and O–H groups in total. The maximum Gasteiger partial charge on any atom is 0.161 e. The fourth-order valence-electron chi connectivity index (χ4n) is 1.34. The van der Waals surface area contributed by atoms with E-state index in [1.807, 2.05) is 26.8 Å². The van der Waals surface area contributed by atoms with E-state index in [0.29, 0.717) is 18.9 Å². The van der Waals surface area contributed by atoms with Gasteiger partial charge in [-0.2, -0.15) is 0 Å². The number of ether oxygens (including phenoxy) is 1. The molecule has 0 fully saturated rings. The number of nitrogens with one attached hydrogen (secondary N) is 1. The molecule has 1 rings (SSSR count). The van der Waals surface area contributed by atoms with E-state index < -0.39 is 0 Å². The van der Waals surface area contributed by atoms with Gasteiger partial charge in [0.1, 0.15) is 0 Å². The zero-order valence-electron chi connectivity index (χ0n) is 10.7. The molecule has 4 heteroatoms. The van der Waals surface area contributed by atoms with Crippen LogP contribution in [0.4, 0.5) is 0 Å². The zero-order chi connectivity index (χ0) is 12.9. The van der Waals surface area contributed by atoms with Gasteiger partial charge in [-0.25, -0.2) is 0 Å². The molecule has 0 bridgehead atoms. The molecule has 0 aromatic heterocycles. The monoisotopic (exact) mass is 239 g/mol. The third-order valence-corrected chi connectivity index (χ3v) is 2.49. The third-order valence-electron chi connectivity index (χ3n) is 2.49. The van der Waals surface area contributed by atoms with Crippen LogP contribution in [0.2, 0.25) is 0 Å². The fourth-order valence-corrected chi connectivity index (χ4v) is 1.34. The van der Waals surface area contributed by atoms with E-state index in [4.69, 9.17) is 9.84 Å². The van der Waals surface area contributed by atoms with E-state index in [2.05, 4.69) is 5.32 Å². The van der Waals surface area contributed by atoms with E-state index in [0.717, 1.165) is 5.56 Å². The summed E-state index contributed by atoms with van der Waals surface area (Å²) in [4.78, 5) is 0. The van der Waals surface area contributed by atoms with Gasteiger partial charge in [-0.05, 0) is 38.5 Å². The van der Waals surface area contributed by atoms with E-state index in [1.165, 1.54) is 0 Å². The number of rotatable bonds is 6. The number of aliphatic hydroxyl groups is 1. The number of phenolic OH excluding ortho intramolecular Hbond substituents is 1. The molecule has 0 saturated carbocycles. The Bertz CT molecular complexity index is 364. The molecule has 0 heterocycles. The molecule has 0 unspecified atom stereocenters. The lowest BCUT2D eigenvalue weighted by atomic mass is 10.1. The molecule has 4 nitrogen and oxygen atoms in total. The largest absolute Gasteiger partial charge is 0.504 e. The van der Waals surface area contributed by atoms with Crippen molar-refractivity contribution in [2.24, 2.45) is 0 Å². The summed E-state index contributed by atoms with van der Waals surface area (Å²) in [5.41, 5.74) is 0.691. The standard InChI is InChI=1S/C13H21NO3/c1-4-17-12-7-10(5-6-11(12)16)8-14-13(2,3)9-15/h5-7,14-16H,4,8-9H2,1-3H3. The smallest absolute Gasteiger partial charge is 0.161 e. The lowest BCUT2D eigenvalue weighted by molar-refractivity contribution is 0.187. The Balaban J connectivity index is 2.69. The van der Waals surface area contributed by atoms with Gasteiger partial charge < -0.3 is 20.3 Å². The molecule has 0 atom stereocenters. The molecule has 1 aromatic rings. The molecular formula is C13H21NO3. The minimum atomic E-state index is -0.316. The predicted molar refractivity (Wildman–Crippen MR) is 67.3 cm³/mol. The van der Waals surface area contributed by atoms with Crippen LogP contribution >= 0.6 is 0 Å². The Hall–Kier alpha value is -1.26. The van der Waals surface area contributed by atoms with Crippen LogP contribution in [0.25, 0.3) is 0 Å². The van der Waals surface area contributed by atoms with Crippen molar-refractivity contribution < 1.29 is 14.9 Å². The Morgan fingerprint density at radius 2 is 2.06 bits per heavy atom. The summed E-state index contributed by atoms with van der Waals surface area (Å²) in [7, 11) is 0. The number of aromatic hydroxyl groups is 1. The minimum Gasteiger partial charge on any atom is -0.504 e. The molecule has 0 radical (unpaired) electrons. The Labute approximate surface area is 102 Å². The molecule has 0 aliphatic rings. The van der Waals surface area contributed by atoms with Gasteiger partial charge in [-0.3, -0.25) is 0 Å². The molecule has 0 aliphatic heterocycles. The van der Waals surface area contributed by atoms with Crippen molar-refractivity contribution in [3.05, 3.63) is 23.8 Å². The Kier molecular flexibility index (Phi) is 4.78. The second-order valence-corrected chi connectivity index (χ2v) is 4.63. The first kappa shape index (κ1) is 13.8. The van der Waals surface area contributed by atoms with E-state index >= 15 is 0 Å². The predicted octanol–water partition coefficient (Wildman–Crippen LogP) is 1.65. The van der Waals surface area contributed by atoms with Gasteiger partial charge in [0.25, 0.3) is 0 Å². The highest BCUT2D eigenvalue weighted by Gasteiger charge is 2.15. The van der Waals surface area contributed by atoms with Crippen LogP contribution in [0.5, 0.6) is 11.5 Å². The van der Waals surface area contributed by atoms with Crippen LogP contribution < -0.4 is 10.1 Å². The van der Waals surface area contributed by atoms with Crippen LogP contribution in [0.1, 0.15) is 26.3 Å². The van der Waals surface area contributed by atoms with E-state index in [9.17, 15) is 5.11 Å². The highest BCUT2D eigenvalue weighted by Crippen LogP contribution is 2.26. The van der Waals surface area contributed by atoms with Gasteiger partial charge in [0, 0.05) is 12.1 Å². The summed E-state index contributed by atoms with van der Waals surface area (Å²) < 4.78 is 5.31. The van der Waals surface area contributed by atoms with Crippen molar-refractivity contribution in [3.8, 4) is 11.5 Å². The quantitative estimate of drug-likeness (QED) is 0.706. The highest BCUT2D eigenvalue weighted by atomic mass is 16.5.